The number of benzene rings is 12. The fraction of sp³-hybridized carbons (Fsp3) is 0.223. The van der Waals surface area contributed by atoms with Crippen molar-refractivity contribution in [2.45, 2.75) is 82.5 Å². The smallest absolute Gasteiger partial charge is 0.0465 e. The van der Waals surface area contributed by atoms with Crippen molar-refractivity contribution in [2.24, 2.45) is 47.3 Å². The molecule has 0 heterocycles. The summed E-state index contributed by atoms with van der Waals surface area (Å²) in [7, 11) is 0. The summed E-state index contributed by atoms with van der Waals surface area (Å²) >= 11 is 6.46. The van der Waals surface area contributed by atoms with Crippen molar-refractivity contribution in [1.29, 1.82) is 0 Å². The molecule has 98 heavy (non-hydrogen) atoms. The Morgan fingerprint density at radius 2 is 0.551 bits per heavy atom. The van der Waals surface area contributed by atoms with Crippen molar-refractivity contribution < 1.29 is 0 Å². The van der Waals surface area contributed by atoms with E-state index >= 15 is 0 Å². The number of fused-ring (bicyclic) bond motifs is 6. The van der Waals surface area contributed by atoms with E-state index in [1.807, 2.05) is 12.1 Å². The summed E-state index contributed by atoms with van der Waals surface area (Å²) < 4.78 is 0. The van der Waals surface area contributed by atoms with Gasteiger partial charge in [0, 0.05) is 44.3 Å². The number of hydrogen-bond acceptors (Lipinski definition) is 2. The molecule has 12 aromatic rings. The first-order valence-electron chi connectivity index (χ1n) is 35.2. The van der Waals surface area contributed by atoms with E-state index in [2.05, 4.69) is 301 Å². The van der Waals surface area contributed by atoms with Crippen LogP contribution in [0.5, 0.6) is 0 Å². The van der Waals surface area contributed by atoms with Gasteiger partial charge in [-0.25, -0.2) is 0 Å². The molecule has 12 aromatic carbocycles. The average molecular weight is 1290 g/mol. The van der Waals surface area contributed by atoms with Gasteiger partial charge >= 0.3 is 0 Å². The van der Waals surface area contributed by atoms with E-state index in [1.54, 1.807) is 22.3 Å². The largest absolute Gasteiger partial charge is 0.358 e. The molecule has 2 nitrogen and oxygen atoms in total. The van der Waals surface area contributed by atoms with Crippen LogP contribution in [-0.4, -0.2) is 8.41 Å². The Morgan fingerprint density at radius 3 is 0.908 bits per heavy atom. The summed E-state index contributed by atoms with van der Waals surface area (Å²) in [5, 5.41) is 4.37. The van der Waals surface area contributed by atoms with E-state index in [0.29, 0.717) is 0 Å². The maximum absolute atomic E-state index is 6.46. The van der Waals surface area contributed by atoms with Crippen molar-refractivity contribution in [2.75, 3.05) is 10.2 Å². The number of anilines is 5. The van der Waals surface area contributed by atoms with Gasteiger partial charge in [-0.3, -0.25) is 0 Å². The monoisotopic (exact) mass is 1290 g/mol. The van der Waals surface area contributed by atoms with Crippen LogP contribution in [0.25, 0.3) is 66.8 Å². The molecule has 10 aliphatic rings. The van der Waals surface area contributed by atoms with Crippen LogP contribution in [0, 0.1) is 54.8 Å². The third-order valence-corrected chi connectivity index (χ3v) is 24.3. The molecule has 0 unspecified atom stereocenters. The van der Waals surface area contributed by atoms with Gasteiger partial charge in [0.15, 0.2) is 0 Å². The maximum Gasteiger partial charge on any atom is 0.0465 e. The SMILES string of the molecule is C.Clc1ccc2c(c1)C1(c3ccccc3-2)C2CC3CC(C2)CC1C3.[BH4-].[CH3-].c1ccc(-c2ccc(N(c3ccc(-c4ccccc4)cc3)c3ccc4c(c3)C3(c5ccccc5-4)C4CC5CC(C4)CC3C5)cc2)cc1.c1ccc(-c2ccc(Nc3ccc(-c4ccccc4)cc3)cc2)cc1. The van der Waals surface area contributed by atoms with Crippen molar-refractivity contribution in [3.8, 4) is 66.8 Å². The summed E-state index contributed by atoms with van der Waals surface area (Å²) in [5.41, 5.74) is 28.4. The molecule has 0 aromatic heterocycles. The fourth-order valence-electron chi connectivity index (χ4n) is 20.6. The first-order chi connectivity index (χ1) is 46.9. The third-order valence-electron chi connectivity index (χ3n) is 24.1. The van der Waals surface area contributed by atoms with Gasteiger partial charge in [0.05, 0.1) is 0 Å². The summed E-state index contributed by atoms with van der Waals surface area (Å²) in [4.78, 5) is 2.48. The quantitative estimate of drug-likeness (QED) is 0.114. The van der Waals surface area contributed by atoms with E-state index in [4.69, 9.17) is 11.6 Å². The molecule has 2 spiro atoms. The summed E-state index contributed by atoms with van der Waals surface area (Å²) in [6.45, 7) is 0. The topological polar surface area (TPSA) is 15.3 Å². The van der Waals surface area contributed by atoms with Crippen LogP contribution in [0.4, 0.5) is 28.4 Å². The average Bonchev–Trinajstić information content (AvgIpc) is 1.51. The number of nitrogens with one attached hydrogen (secondary N) is 1. The summed E-state index contributed by atoms with van der Waals surface area (Å²) in [6.07, 6.45) is 14.3. The molecule has 1 N–H and O–H groups in total. The van der Waals surface area contributed by atoms with Crippen molar-refractivity contribution in [3.63, 3.8) is 0 Å². The van der Waals surface area contributed by atoms with Gasteiger partial charge in [-0.05, 0) is 273 Å². The lowest BCUT2D eigenvalue weighted by Gasteiger charge is -2.61. The van der Waals surface area contributed by atoms with Crippen LogP contribution in [0.2, 0.25) is 5.02 Å². The molecule has 0 radical (unpaired) electrons. The van der Waals surface area contributed by atoms with Crippen molar-refractivity contribution in [1.82, 2.24) is 0 Å². The van der Waals surface area contributed by atoms with Crippen LogP contribution >= 0.6 is 11.6 Å². The standard InChI is InChI=1S/C46H39N.C24H19N.C22H21Cl.CH4.CH3.BH4/c1-3-9-33(10-4-1)35-15-19-39(20-16-35)47(40-21-17-36(18-22-40)34-11-5-2-6-12-34)41-23-24-43-42-13-7-8-14-44(42)46(45(43)30-41)37-26-31-25-32(28-37)29-38(46)27-31;1-3-7-19(8-4-1)21-11-15-23(16-12-21)25-24-17-13-22(14-18-24)20-9-5-2-6-10-20;23-17-5-6-19-18-3-1-2-4-20(18)22(21(19)12-17)15-8-13-7-14(10-15)11-16(22)9-13;;;/h1-24,30-32,37-38H,25-29H2;1-18,25H;1-6,12-16H,7-11H2;1H4;1H3;1H4/q;;;;2*-1. The molecular weight excluding hydrogens is 1200 g/mol. The Kier molecular flexibility index (Phi) is 17.7. The lowest BCUT2D eigenvalue weighted by Crippen LogP contribution is -2.55. The highest BCUT2D eigenvalue weighted by Crippen LogP contribution is 2.71. The summed E-state index contributed by atoms with van der Waals surface area (Å²) in [5.74, 6) is 7.03. The van der Waals surface area contributed by atoms with Crippen LogP contribution in [-0.2, 0) is 10.8 Å². The second-order valence-electron chi connectivity index (χ2n) is 29.0. The molecule has 0 aliphatic heterocycles. The van der Waals surface area contributed by atoms with Gasteiger partial charge in [0.2, 0.25) is 0 Å². The predicted octanol–water partition coefficient (Wildman–Crippen LogP) is 24.7. The number of rotatable bonds is 9. The Bertz CT molecular complexity index is 4520. The Labute approximate surface area is 589 Å². The molecule has 8 saturated carbocycles. The molecular formula is C94H90BClN2-2. The molecule has 488 valence electrons. The minimum absolute atomic E-state index is 0. The molecule has 4 heteroatoms. The van der Waals surface area contributed by atoms with E-state index < -0.39 is 0 Å². The van der Waals surface area contributed by atoms with Gasteiger partial charge in [-0.2, -0.15) is 0 Å². The highest BCUT2D eigenvalue weighted by molar-refractivity contribution is 6.30. The molecule has 22 rings (SSSR count). The third kappa shape index (κ3) is 11.1. The van der Waals surface area contributed by atoms with Crippen molar-refractivity contribution in [3.05, 3.63) is 338 Å². The highest BCUT2D eigenvalue weighted by Gasteiger charge is 2.63. The zero-order valence-corrected chi connectivity index (χ0v) is 55.6. The van der Waals surface area contributed by atoms with E-state index in [9.17, 15) is 0 Å². The summed E-state index contributed by atoms with van der Waals surface area (Å²) in [6, 6.07) is 110. The normalized spacial score (nSPS) is 23.6. The Balaban J connectivity index is 0.000000130. The molecule has 0 amide bonds. The number of nitrogens with zero attached hydrogens (tertiary/aromatic N) is 1. The van der Waals surface area contributed by atoms with Crippen LogP contribution in [0.15, 0.2) is 303 Å². The lowest BCUT2D eigenvalue weighted by atomic mass is 9.43. The second kappa shape index (κ2) is 26.8. The van der Waals surface area contributed by atoms with Crippen LogP contribution < -0.4 is 10.2 Å². The van der Waals surface area contributed by atoms with Crippen molar-refractivity contribution >= 4 is 48.5 Å². The van der Waals surface area contributed by atoms with Gasteiger partial charge in [0.1, 0.15) is 0 Å². The predicted molar refractivity (Wildman–Crippen MR) is 421 cm³/mol. The van der Waals surface area contributed by atoms with E-state index in [1.165, 1.54) is 148 Å². The first-order valence-corrected chi connectivity index (χ1v) is 35.6. The minimum Gasteiger partial charge on any atom is -0.358 e. The first kappa shape index (κ1) is 64.6. The van der Waals surface area contributed by atoms with Gasteiger partial charge in [-0.15, -0.1) is 0 Å². The minimum atomic E-state index is 0. The highest BCUT2D eigenvalue weighted by atomic mass is 35.5. The molecule has 8 bridgehead atoms. The molecule has 0 atom stereocenters. The van der Waals surface area contributed by atoms with Crippen LogP contribution in [0.3, 0.4) is 0 Å². The molecule has 8 fully saturated rings. The lowest BCUT2D eigenvalue weighted by molar-refractivity contribution is -0.0399. The van der Waals surface area contributed by atoms with Crippen LogP contribution in [0.1, 0.15) is 93.9 Å². The zero-order valence-electron chi connectivity index (χ0n) is 54.9. The van der Waals surface area contributed by atoms with Gasteiger partial charge in [-0.1, -0.05) is 258 Å². The molecule has 10 aliphatic carbocycles. The Morgan fingerprint density at radius 1 is 0.276 bits per heavy atom. The fourth-order valence-corrected chi connectivity index (χ4v) is 20.8. The van der Waals surface area contributed by atoms with E-state index in [0.717, 1.165) is 63.7 Å². The Hall–Kier alpha value is -9.41. The maximum atomic E-state index is 6.46. The van der Waals surface area contributed by atoms with Gasteiger partial charge in [0.25, 0.3) is 0 Å². The van der Waals surface area contributed by atoms with Gasteiger partial charge < -0.3 is 17.6 Å². The molecule has 0 saturated heterocycles. The second-order valence-corrected chi connectivity index (χ2v) is 29.5. The zero-order chi connectivity index (χ0) is 63.0. The number of halogens is 1. The number of hydrogen-bond donors (Lipinski definition) is 1. The van der Waals surface area contributed by atoms with E-state index in [-0.39, 0.29) is 34.1 Å².